The fourth-order valence-corrected chi connectivity index (χ4v) is 1.78. The first-order valence-electron chi connectivity index (χ1n) is 4.80. The van der Waals surface area contributed by atoms with Crippen LogP contribution in [0.5, 0.6) is 0 Å². The lowest BCUT2D eigenvalue weighted by Gasteiger charge is -2.00. The van der Waals surface area contributed by atoms with Crippen LogP contribution in [0.4, 0.5) is 0 Å². The van der Waals surface area contributed by atoms with Gasteiger partial charge in [0.05, 0.1) is 5.52 Å². The molecule has 1 heterocycles. The molecule has 2 aromatic carbocycles. The molecule has 4 nitrogen and oxygen atoms in total. The molecule has 0 saturated heterocycles. The third kappa shape index (κ3) is 1.16. The van der Waals surface area contributed by atoms with Crippen LogP contribution >= 0.6 is 0 Å². The Morgan fingerprint density at radius 2 is 1.81 bits per heavy atom. The van der Waals surface area contributed by atoms with Crippen molar-refractivity contribution >= 4 is 21.9 Å². The van der Waals surface area contributed by atoms with E-state index in [0.29, 0.717) is 11.1 Å². The number of rotatable bonds is 0. The summed E-state index contributed by atoms with van der Waals surface area (Å²) in [4.78, 5) is 24.8. The van der Waals surface area contributed by atoms with Crippen LogP contribution in [-0.4, -0.2) is 4.98 Å². The number of hydrogen-bond donors (Lipinski definition) is 1. The molecule has 0 aliphatic heterocycles. The Balaban J connectivity index is 2.65. The van der Waals surface area contributed by atoms with Crippen molar-refractivity contribution in [3.05, 3.63) is 57.2 Å². The van der Waals surface area contributed by atoms with E-state index in [-0.39, 0.29) is 0 Å². The average Bonchev–Trinajstić information content (AvgIpc) is 2.31. The third-order valence-electron chi connectivity index (χ3n) is 2.52. The molecule has 0 unspecified atom stereocenters. The maximum Gasteiger partial charge on any atom is 0.402 e. The number of aromatic nitrogens is 1. The maximum atomic E-state index is 11.2. The van der Waals surface area contributed by atoms with Crippen molar-refractivity contribution in [3.8, 4) is 0 Å². The van der Waals surface area contributed by atoms with Gasteiger partial charge in [0.25, 0.3) is 0 Å². The quantitative estimate of drug-likeness (QED) is 0.456. The van der Waals surface area contributed by atoms with Gasteiger partial charge < -0.3 is 9.40 Å². The number of fused-ring (bicyclic) bond motifs is 3. The van der Waals surface area contributed by atoms with Crippen LogP contribution in [-0.2, 0) is 0 Å². The Labute approximate surface area is 89.1 Å². The van der Waals surface area contributed by atoms with Crippen molar-refractivity contribution in [2.45, 2.75) is 0 Å². The zero-order valence-electron chi connectivity index (χ0n) is 8.19. The SMILES string of the molecule is O=c1[nH]c2c(ccc3ccccc32)oc1=O. The lowest BCUT2D eigenvalue weighted by atomic mass is 10.1. The van der Waals surface area contributed by atoms with Crippen molar-refractivity contribution in [1.29, 1.82) is 0 Å². The van der Waals surface area contributed by atoms with Crippen LogP contribution in [0.2, 0.25) is 0 Å². The topological polar surface area (TPSA) is 63.1 Å². The van der Waals surface area contributed by atoms with Crippen molar-refractivity contribution in [3.63, 3.8) is 0 Å². The lowest BCUT2D eigenvalue weighted by molar-refractivity contribution is 0.547. The fraction of sp³-hybridized carbons (Fsp3) is 0. The Hall–Kier alpha value is -2.36. The first kappa shape index (κ1) is 8.91. The fourth-order valence-electron chi connectivity index (χ4n) is 1.78. The third-order valence-corrected chi connectivity index (χ3v) is 2.52. The zero-order chi connectivity index (χ0) is 11.1. The summed E-state index contributed by atoms with van der Waals surface area (Å²) in [5, 5.41) is 1.85. The predicted molar refractivity (Wildman–Crippen MR) is 60.6 cm³/mol. The molecule has 1 aromatic heterocycles. The summed E-state index contributed by atoms with van der Waals surface area (Å²) < 4.78 is 4.90. The van der Waals surface area contributed by atoms with Gasteiger partial charge in [-0.3, -0.25) is 4.79 Å². The number of hydrogen-bond acceptors (Lipinski definition) is 3. The van der Waals surface area contributed by atoms with Gasteiger partial charge in [-0.1, -0.05) is 30.3 Å². The highest BCUT2D eigenvalue weighted by Crippen LogP contribution is 2.21. The molecule has 4 heteroatoms. The van der Waals surface area contributed by atoms with Crippen molar-refractivity contribution in [2.24, 2.45) is 0 Å². The molecule has 0 radical (unpaired) electrons. The smallest absolute Gasteiger partial charge is 0.402 e. The van der Waals surface area contributed by atoms with E-state index in [2.05, 4.69) is 4.98 Å². The highest BCUT2D eigenvalue weighted by atomic mass is 16.4. The van der Waals surface area contributed by atoms with Crippen LogP contribution in [0.3, 0.4) is 0 Å². The molecule has 0 spiro atoms. The summed E-state index contributed by atoms with van der Waals surface area (Å²) in [5.41, 5.74) is -0.655. The predicted octanol–water partition coefficient (Wildman–Crippen LogP) is 1.63. The van der Waals surface area contributed by atoms with Crippen LogP contribution in [0.1, 0.15) is 0 Å². The van der Waals surface area contributed by atoms with Gasteiger partial charge in [-0.2, -0.15) is 0 Å². The normalized spacial score (nSPS) is 11.0. The van der Waals surface area contributed by atoms with E-state index in [0.717, 1.165) is 10.8 Å². The summed E-state index contributed by atoms with van der Waals surface area (Å²) in [7, 11) is 0. The number of H-pyrrole nitrogens is 1. The van der Waals surface area contributed by atoms with Crippen LogP contribution in [0.15, 0.2) is 50.4 Å². The van der Waals surface area contributed by atoms with Crippen molar-refractivity contribution in [2.75, 3.05) is 0 Å². The maximum absolute atomic E-state index is 11.2. The summed E-state index contributed by atoms with van der Waals surface area (Å²) in [6, 6.07) is 11.1. The molecule has 0 amide bonds. The lowest BCUT2D eigenvalue weighted by Crippen LogP contribution is -2.25. The van der Waals surface area contributed by atoms with E-state index in [9.17, 15) is 9.59 Å². The van der Waals surface area contributed by atoms with Gasteiger partial charge in [-0.05, 0) is 11.5 Å². The molecule has 0 aliphatic rings. The van der Waals surface area contributed by atoms with Crippen molar-refractivity contribution < 1.29 is 4.42 Å². The number of benzene rings is 2. The molecule has 3 aromatic rings. The molecule has 0 atom stereocenters. The Bertz CT molecular complexity index is 798. The largest absolute Gasteiger partial charge is 0.417 e. The highest BCUT2D eigenvalue weighted by Gasteiger charge is 2.04. The van der Waals surface area contributed by atoms with E-state index >= 15 is 0 Å². The Morgan fingerprint density at radius 1 is 1.00 bits per heavy atom. The first-order chi connectivity index (χ1) is 7.75. The van der Waals surface area contributed by atoms with E-state index in [1.807, 2.05) is 30.3 Å². The molecule has 0 aliphatic carbocycles. The molecular weight excluding hydrogens is 206 g/mol. The summed E-state index contributed by atoms with van der Waals surface area (Å²) in [6.45, 7) is 0. The summed E-state index contributed by atoms with van der Waals surface area (Å²) in [5.74, 6) is 0. The van der Waals surface area contributed by atoms with Crippen molar-refractivity contribution in [1.82, 2.24) is 4.98 Å². The molecule has 0 fully saturated rings. The van der Waals surface area contributed by atoms with E-state index < -0.39 is 11.2 Å². The zero-order valence-corrected chi connectivity index (χ0v) is 8.19. The van der Waals surface area contributed by atoms with E-state index in [1.54, 1.807) is 6.07 Å². The van der Waals surface area contributed by atoms with Crippen LogP contribution in [0.25, 0.3) is 21.9 Å². The number of aromatic amines is 1. The van der Waals surface area contributed by atoms with Crippen LogP contribution in [0, 0.1) is 0 Å². The summed E-state index contributed by atoms with van der Waals surface area (Å²) >= 11 is 0. The van der Waals surface area contributed by atoms with Gasteiger partial charge in [0.2, 0.25) is 0 Å². The van der Waals surface area contributed by atoms with Gasteiger partial charge in [-0.15, -0.1) is 0 Å². The minimum atomic E-state index is -0.872. The Morgan fingerprint density at radius 3 is 2.69 bits per heavy atom. The Kier molecular flexibility index (Phi) is 1.71. The van der Waals surface area contributed by atoms with E-state index in [4.69, 9.17) is 4.42 Å². The average molecular weight is 213 g/mol. The van der Waals surface area contributed by atoms with Gasteiger partial charge >= 0.3 is 11.2 Å². The van der Waals surface area contributed by atoms with Gasteiger partial charge in [0.15, 0.2) is 5.58 Å². The minimum Gasteiger partial charge on any atom is -0.417 e. The monoisotopic (exact) mass is 213 g/mol. The molecule has 78 valence electrons. The molecule has 1 N–H and O–H groups in total. The number of nitrogens with one attached hydrogen (secondary N) is 1. The van der Waals surface area contributed by atoms with Gasteiger partial charge in [0.1, 0.15) is 0 Å². The van der Waals surface area contributed by atoms with E-state index in [1.165, 1.54) is 0 Å². The van der Waals surface area contributed by atoms with Crippen LogP contribution < -0.4 is 11.2 Å². The first-order valence-corrected chi connectivity index (χ1v) is 4.80. The second-order valence-corrected chi connectivity index (χ2v) is 3.50. The molecule has 16 heavy (non-hydrogen) atoms. The second-order valence-electron chi connectivity index (χ2n) is 3.50. The van der Waals surface area contributed by atoms with Gasteiger partial charge in [0, 0.05) is 5.39 Å². The standard InChI is InChI=1S/C12H7NO3/c14-11-12(15)16-9-6-5-7-3-1-2-4-8(7)10(9)13-11/h1-6H,(H,13,14). The second kappa shape index (κ2) is 3.06. The molecule has 0 saturated carbocycles. The highest BCUT2D eigenvalue weighted by molar-refractivity contribution is 6.02. The molecule has 0 bridgehead atoms. The summed E-state index contributed by atoms with van der Waals surface area (Å²) in [6.07, 6.45) is 0. The molecule has 3 rings (SSSR count). The minimum absolute atomic E-state index is 0.392. The van der Waals surface area contributed by atoms with Gasteiger partial charge in [-0.25, -0.2) is 4.79 Å². The molecular formula is C12H7NO3.